The molecule has 1 aromatic heterocycles. The molecule has 2 rings (SSSR count). The van der Waals surface area contributed by atoms with Crippen LogP contribution in [0.5, 0.6) is 0 Å². The number of nitrogens with two attached hydrogens (primary N) is 2. The van der Waals surface area contributed by atoms with E-state index < -0.39 is 5.97 Å². The summed E-state index contributed by atoms with van der Waals surface area (Å²) in [6.07, 6.45) is 1.22. The molecule has 6 N–H and O–H groups in total. The van der Waals surface area contributed by atoms with E-state index in [0.29, 0.717) is 35.1 Å². The van der Waals surface area contributed by atoms with Crippen molar-refractivity contribution in [2.75, 3.05) is 19.6 Å². The third kappa shape index (κ3) is 7.13. The number of rotatable bonds is 6. The average Bonchev–Trinajstić information content (AvgIpc) is 2.93. The van der Waals surface area contributed by atoms with E-state index in [4.69, 9.17) is 16.6 Å². The number of thiazole rings is 1. The number of piperidine rings is 1. The van der Waals surface area contributed by atoms with Gasteiger partial charge in [-0.05, 0) is 19.8 Å². The van der Waals surface area contributed by atoms with E-state index in [1.54, 1.807) is 11.8 Å². The minimum absolute atomic E-state index is 0. The van der Waals surface area contributed by atoms with Gasteiger partial charge in [0.1, 0.15) is 4.88 Å². The van der Waals surface area contributed by atoms with Crippen molar-refractivity contribution in [1.29, 1.82) is 0 Å². The van der Waals surface area contributed by atoms with E-state index in [9.17, 15) is 14.4 Å². The molecule has 0 radical (unpaired) electrons. The van der Waals surface area contributed by atoms with Crippen molar-refractivity contribution in [2.45, 2.75) is 26.2 Å². The number of aromatic nitrogens is 1. The average molecular weight is 455 g/mol. The molecule has 10 nitrogen and oxygen atoms in total. The second kappa shape index (κ2) is 11.7. The molecule has 2 amide bonds. The normalized spacial score (nSPS) is 15.6. The monoisotopic (exact) mass is 454 g/mol. The van der Waals surface area contributed by atoms with Gasteiger partial charge in [0.25, 0.3) is 5.91 Å². The molecule has 1 aliphatic rings. The Hall–Kier alpha value is -2.11. The fourth-order valence-electron chi connectivity index (χ4n) is 2.70. The molecule has 28 heavy (non-hydrogen) atoms. The number of guanidine groups is 1. The standard InChI is InChI=1S/C15H22N6O4S.2ClH/c1-8-11(26-15(19-8)20-14(16)17)13(25)21-6-2-3-9(7-21)12(24)18-5-4-10(22)23;;/h9H,2-7H2,1H3,(H,18,24)(H,22,23)(H4,16,17,19,20);2*1H. The Morgan fingerprint density at radius 2 is 2.04 bits per heavy atom. The first-order valence-electron chi connectivity index (χ1n) is 8.13. The van der Waals surface area contributed by atoms with Gasteiger partial charge in [-0.15, -0.1) is 24.8 Å². The van der Waals surface area contributed by atoms with Crippen LogP contribution in [-0.2, 0) is 9.59 Å². The molecular formula is C15H24Cl2N6O4S. The van der Waals surface area contributed by atoms with Crippen molar-refractivity contribution in [3.63, 3.8) is 0 Å². The maximum absolute atomic E-state index is 12.8. The van der Waals surface area contributed by atoms with Gasteiger partial charge in [0.05, 0.1) is 18.0 Å². The van der Waals surface area contributed by atoms with Gasteiger partial charge in [-0.1, -0.05) is 11.3 Å². The summed E-state index contributed by atoms with van der Waals surface area (Å²) in [7, 11) is 0. The zero-order chi connectivity index (χ0) is 19.3. The summed E-state index contributed by atoms with van der Waals surface area (Å²) in [5.41, 5.74) is 11.2. The molecule has 13 heteroatoms. The quantitative estimate of drug-likeness (QED) is 0.361. The second-order valence-electron chi connectivity index (χ2n) is 5.97. The topological polar surface area (TPSA) is 164 Å². The Labute approximate surface area is 178 Å². The van der Waals surface area contributed by atoms with E-state index in [0.717, 1.165) is 11.3 Å². The molecule has 0 saturated carbocycles. The number of halogens is 2. The number of amides is 2. The van der Waals surface area contributed by atoms with Gasteiger partial charge in [0, 0.05) is 19.6 Å². The number of hydrogen-bond acceptors (Lipinski definition) is 6. The highest BCUT2D eigenvalue weighted by Gasteiger charge is 2.30. The highest BCUT2D eigenvalue weighted by molar-refractivity contribution is 7.17. The van der Waals surface area contributed by atoms with Gasteiger partial charge in [0.2, 0.25) is 11.0 Å². The molecule has 1 saturated heterocycles. The summed E-state index contributed by atoms with van der Waals surface area (Å²) < 4.78 is 0. The van der Waals surface area contributed by atoms with Crippen LogP contribution >= 0.6 is 36.2 Å². The Kier molecular flexibility index (Phi) is 10.8. The van der Waals surface area contributed by atoms with Crippen LogP contribution in [0.25, 0.3) is 0 Å². The predicted octanol–water partition coefficient (Wildman–Crippen LogP) is 0.643. The zero-order valence-corrected chi connectivity index (χ0v) is 17.7. The number of nitrogens with one attached hydrogen (secondary N) is 1. The van der Waals surface area contributed by atoms with Crippen molar-refractivity contribution >= 4 is 65.0 Å². The molecule has 1 aliphatic heterocycles. The van der Waals surface area contributed by atoms with Crippen LogP contribution in [0.15, 0.2) is 4.99 Å². The van der Waals surface area contributed by atoms with Crippen molar-refractivity contribution in [2.24, 2.45) is 22.4 Å². The van der Waals surface area contributed by atoms with Crippen LogP contribution in [0, 0.1) is 12.8 Å². The summed E-state index contributed by atoms with van der Waals surface area (Å²) in [6, 6.07) is 0. The number of hydrogen-bond donors (Lipinski definition) is 4. The Morgan fingerprint density at radius 3 is 2.64 bits per heavy atom. The first kappa shape index (κ1) is 25.9. The molecule has 0 bridgehead atoms. The number of aliphatic carboxylic acids is 1. The van der Waals surface area contributed by atoms with Gasteiger partial charge in [-0.3, -0.25) is 14.4 Å². The molecular weight excluding hydrogens is 431 g/mol. The Balaban J connectivity index is 0.00000364. The van der Waals surface area contributed by atoms with E-state index in [1.165, 1.54) is 0 Å². The van der Waals surface area contributed by atoms with Gasteiger partial charge < -0.3 is 26.8 Å². The molecule has 1 fully saturated rings. The molecule has 158 valence electrons. The van der Waals surface area contributed by atoms with Crippen LogP contribution in [0.4, 0.5) is 5.13 Å². The minimum Gasteiger partial charge on any atom is -0.481 e. The van der Waals surface area contributed by atoms with Gasteiger partial charge in [0.15, 0.2) is 5.96 Å². The lowest BCUT2D eigenvalue weighted by Gasteiger charge is -2.31. The van der Waals surface area contributed by atoms with E-state index in [2.05, 4.69) is 15.3 Å². The first-order valence-corrected chi connectivity index (χ1v) is 8.95. The van der Waals surface area contributed by atoms with Gasteiger partial charge >= 0.3 is 5.97 Å². The molecule has 0 aromatic carbocycles. The smallest absolute Gasteiger partial charge is 0.305 e. The number of carboxylic acid groups (broad SMARTS) is 1. The second-order valence-corrected chi connectivity index (χ2v) is 6.95. The molecule has 0 aliphatic carbocycles. The molecule has 1 unspecified atom stereocenters. The largest absolute Gasteiger partial charge is 0.481 e. The zero-order valence-electron chi connectivity index (χ0n) is 15.2. The highest BCUT2D eigenvalue weighted by atomic mass is 35.5. The third-order valence-corrected chi connectivity index (χ3v) is 4.96. The van der Waals surface area contributed by atoms with Crippen molar-refractivity contribution in [1.82, 2.24) is 15.2 Å². The lowest BCUT2D eigenvalue weighted by Crippen LogP contribution is -2.45. The first-order chi connectivity index (χ1) is 12.3. The number of aryl methyl sites for hydroxylation is 1. The molecule has 1 atom stereocenters. The van der Waals surface area contributed by atoms with Crippen molar-refractivity contribution < 1.29 is 19.5 Å². The maximum Gasteiger partial charge on any atom is 0.305 e. The fraction of sp³-hybridized carbons (Fsp3) is 0.533. The number of carboxylic acids is 1. The number of likely N-dealkylation sites (tertiary alicyclic amines) is 1. The van der Waals surface area contributed by atoms with Crippen molar-refractivity contribution in [3.8, 4) is 0 Å². The molecule has 2 heterocycles. The summed E-state index contributed by atoms with van der Waals surface area (Å²) in [4.78, 5) is 45.5. The van der Waals surface area contributed by atoms with Gasteiger partial charge in [-0.2, -0.15) is 4.99 Å². The Morgan fingerprint density at radius 1 is 1.36 bits per heavy atom. The number of aliphatic imine (C=N–C) groups is 1. The van der Waals surface area contributed by atoms with Crippen LogP contribution in [-0.4, -0.2) is 58.4 Å². The third-order valence-electron chi connectivity index (χ3n) is 3.92. The summed E-state index contributed by atoms with van der Waals surface area (Å²) in [5, 5.41) is 11.5. The lowest BCUT2D eigenvalue weighted by molar-refractivity contribution is -0.137. The van der Waals surface area contributed by atoms with Gasteiger partial charge in [-0.25, -0.2) is 4.98 Å². The summed E-state index contributed by atoms with van der Waals surface area (Å²) in [6.45, 7) is 2.61. The fourth-order valence-corrected chi connectivity index (χ4v) is 3.62. The van der Waals surface area contributed by atoms with Crippen LogP contribution < -0.4 is 16.8 Å². The molecule has 1 aromatic rings. The minimum atomic E-state index is -0.969. The van der Waals surface area contributed by atoms with Crippen molar-refractivity contribution in [3.05, 3.63) is 10.6 Å². The van der Waals surface area contributed by atoms with Crippen LogP contribution in [0.1, 0.15) is 34.6 Å². The SMILES string of the molecule is Cc1nc(N=C(N)N)sc1C(=O)N1CCCC(C(=O)NCCC(=O)O)C1.Cl.Cl. The predicted molar refractivity (Wildman–Crippen MR) is 111 cm³/mol. The van der Waals surface area contributed by atoms with E-state index in [1.807, 2.05) is 0 Å². The summed E-state index contributed by atoms with van der Waals surface area (Å²) in [5.74, 6) is -1.89. The van der Waals surface area contributed by atoms with Crippen LogP contribution in [0.2, 0.25) is 0 Å². The number of carbonyl (C=O) groups is 3. The van der Waals surface area contributed by atoms with E-state index >= 15 is 0 Å². The number of carbonyl (C=O) groups excluding carboxylic acids is 2. The summed E-state index contributed by atoms with van der Waals surface area (Å²) >= 11 is 1.10. The highest BCUT2D eigenvalue weighted by Crippen LogP contribution is 2.28. The number of nitrogens with zero attached hydrogens (tertiary/aromatic N) is 3. The van der Waals surface area contributed by atoms with Crippen LogP contribution in [0.3, 0.4) is 0 Å². The van der Waals surface area contributed by atoms with E-state index in [-0.39, 0.29) is 68.0 Å². The Bertz CT molecular complexity index is 738. The lowest BCUT2D eigenvalue weighted by atomic mass is 9.97. The maximum atomic E-state index is 12.8. The molecule has 0 spiro atoms.